The summed E-state index contributed by atoms with van der Waals surface area (Å²) in [5.74, 6) is 0.270. The van der Waals surface area contributed by atoms with E-state index in [1.807, 2.05) is 12.1 Å². The lowest BCUT2D eigenvalue weighted by molar-refractivity contribution is 0.0444. The molecule has 30 heavy (non-hydrogen) atoms. The molecule has 0 unspecified atom stereocenters. The Balaban J connectivity index is 1.58. The topological polar surface area (TPSA) is 96.3 Å². The van der Waals surface area contributed by atoms with Crippen LogP contribution in [0.1, 0.15) is 47.4 Å². The molecule has 0 atom stereocenters. The minimum absolute atomic E-state index is 0.205. The van der Waals surface area contributed by atoms with E-state index in [2.05, 4.69) is 38.9 Å². The first-order valence-corrected chi connectivity index (χ1v) is 10.5. The maximum Gasteiger partial charge on any atom is 0.291 e. The fourth-order valence-corrected chi connectivity index (χ4v) is 3.97. The number of nitrogens with two attached hydrogens (primary N) is 1. The average molecular weight is 408 g/mol. The molecule has 1 aromatic carbocycles. The number of hydrogen-bond donors (Lipinski definition) is 3. The van der Waals surface area contributed by atoms with Crippen molar-refractivity contribution in [2.24, 2.45) is 0 Å². The van der Waals surface area contributed by atoms with Gasteiger partial charge in [0.1, 0.15) is 5.82 Å². The van der Waals surface area contributed by atoms with Gasteiger partial charge in [0.15, 0.2) is 5.82 Å². The molecule has 4 N–H and O–H groups in total. The number of carbonyl (C=O) groups excluding carboxylic acids is 1. The Bertz CT molecular complexity index is 956. The van der Waals surface area contributed by atoms with Crippen molar-refractivity contribution in [2.75, 3.05) is 43.9 Å². The summed E-state index contributed by atoms with van der Waals surface area (Å²) in [4.78, 5) is 21.8. The number of nitrogen functional groups attached to an aromatic ring is 1. The van der Waals surface area contributed by atoms with Crippen molar-refractivity contribution in [3.63, 3.8) is 0 Å². The van der Waals surface area contributed by atoms with Crippen LogP contribution in [-0.2, 0) is 4.74 Å². The third-order valence-electron chi connectivity index (χ3n) is 5.64. The van der Waals surface area contributed by atoms with Crippen LogP contribution in [-0.4, -0.2) is 53.6 Å². The van der Waals surface area contributed by atoms with E-state index in [9.17, 15) is 4.79 Å². The maximum absolute atomic E-state index is 12.6. The van der Waals surface area contributed by atoms with Crippen LogP contribution in [0.5, 0.6) is 0 Å². The second-order valence-electron chi connectivity index (χ2n) is 7.87. The minimum Gasteiger partial charge on any atom is -0.384 e. The van der Waals surface area contributed by atoms with Gasteiger partial charge in [0, 0.05) is 30.9 Å². The Labute approximate surface area is 177 Å². The van der Waals surface area contributed by atoms with Crippen LogP contribution >= 0.6 is 0 Å². The Morgan fingerprint density at radius 1 is 1.30 bits per heavy atom. The summed E-state index contributed by atoms with van der Waals surface area (Å²) in [6.07, 6.45) is 8.17. The SMILES string of the molecule is C=C(CN1CCOCC1)c1ccc(NC(=O)c2ncc(N)[nH]2)c(C2=CCCCC2)c1. The van der Waals surface area contributed by atoms with Crippen molar-refractivity contribution < 1.29 is 9.53 Å². The molecule has 7 nitrogen and oxygen atoms in total. The molecule has 0 radical (unpaired) electrons. The highest BCUT2D eigenvalue weighted by Crippen LogP contribution is 2.34. The smallest absolute Gasteiger partial charge is 0.291 e. The quantitative estimate of drug-likeness (QED) is 0.681. The number of hydrogen-bond acceptors (Lipinski definition) is 5. The van der Waals surface area contributed by atoms with Gasteiger partial charge in [-0.25, -0.2) is 4.98 Å². The normalized spacial score (nSPS) is 17.4. The number of H-pyrrole nitrogens is 1. The van der Waals surface area contributed by atoms with E-state index >= 15 is 0 Å². The van der Waals surface area contributed by atoms with E-state index in [1.54, 1.807) is 0 Å². The molecular formula is C23H29N5O2. The standard InChI is InChI=1S/C23H29N5O2/c1-16(15-28-9-11-30-12-10-28)18-7-8-20(19(13-18)17-5-3-2-4-6-17)26-23(29)22-25-14-21(24)27-22/h5,7-8,13-14H,1-4,6,9-12,15,24H2,(H,25,27)(H,26,29). The van der Waals surface area contributed by atoms with E-state index in [0.717, 1.165) is 74.5 Å². The third kappa shape index (κ3) is 4.80. The summed E-state index contributed by atoms with van der Waals surface area (Å²) in [6, 6.07) is 6.16. The number of nitrogens with zero attached hydrogens (tertiary/aromatic N) is 2. The van der Waals surface area contributed by atoms with Crippen LogP contribution in [0.4, 0.5) is 11.5 Å². The molecule has 0 bridgehead atoms. The molecule has 1 aromatic heterocycles. The molecular weight excluding hydrogens is 378 g/mol. The van der Waals surface area contributed by atoms with Gasteiger partial charge in [-0.3, -0.25) is 9.69 Å². The highest BCUT2D eigenvalue weighted by molar-refractivity contribution is 6.03. The van der Waals surface area contributed by atoms with E-state index in [-0.39, 0.29) is 11.7 Å². The number of ether oxygens (including phenoxy) is 1. The first-order valence-electron chi connectivity index (χ1n) is 10.5. The number of carbonyl (C=O) groups is 1. The number of benzene rings is 1. The molecule has 0 spiro atoms. The summed E-state index contributed by atoms with van der Waals surface area (Å²) >= 11 is 0. The summed E-state index contributed by atoms with van der Waals surface area (Å²) < 4.78 is 5.44. The summed E-state index contributed by atoms with van der Waals surface area (Å²) in [6.45, 7) is 8.55. The van der Waals surface area contributed by atoms with Gasteiger partial charge in [-0.2, -0.15) is 0 Å². The second-order valence-corrected chi connectivity index (χ2v) is 7.87. The first-order chi connectivity index (χ1) is 14.6. The van der Waals surface area contributed by atoms with Crippen LogP contribution in [0.3, 0.4) is 0 Å². The Morgan fingerprint density at radius 2 is 2.13 bits per heavy atom. The van der Waals surface area contributed by atoms with Crippen LogP contribution in [0.2, 0.25) is 0 Å². The summed E-state index contributed by atoms with van der Waals surface area (Å²) in [7, 11) is 0. The highest BCUT2D eigenvalue weighted by atomic mass is 16.5. The van der Waals surface area contributed by atoms with Crippen molar-refractivity contribution in [1.29, 1.82) is 0 Å². The zero-order valence-corrected chi connectivity index (χ0v) is 17.2. The molecule has 2 heterocycles. The van der Waals surface area contributed by atoms with Crippen molar-refractivity contribution >= 4 is 28.6 Å². The van der Waals surface area contributed by atoms with Gasteiger partial charge >= 0.3 is 0 Å². The van der Waals surface area contributed by atoms with Crippen LogP contribution in [0, 0.1) is 0 Å². The van der Waals surface area contributed by atoms with Gasteiger partial charge in [-0.15, -0.1) is 0 Å². The fraction of sp³-hybridized carbons (Fsp3) is 0.391. The van der Waals surface area contributed by atoms with E-state index in [0.29, 0.717) is 5.82 Å². The summed E-state index contributed by atoms with van der Waals surface area (Å²) in [5.41, 5.74) is 10.9. The lowest BCUT2D eigenvalue weighted by Crippen LogP contribution is -2.37. The number of nitrogens with one attached hydrogen (secondary N) is 2. The van der Waals surface area contributed by atoms with Crippen molar-refractivity contribution in [3.05, 3.63) is 54.0 Å². The average Bonchev–Trinajstić information content (AvgIpc) is 3.22. The molecule has 4 rings (SSSR count). The molecule has 1 aliphatic carbocycles. The van der Waals surface area contributed by atoms with Crippen LogP contribution in [0.15, 0.2) is 37.1 Å². The predicted octanol–water partition coefficient (Wildman–Crippen LogP) is 3.55. The largest absolute Gasteiger partial charge is 0.384 e. The van der Waals surface area contributed by atoms with Gasteiger partial charge < -0.3 is 20.8 Å². The molecule has 1 saturated heterocycles. The van der Waals surface area contributed by atoms with Crippen molar-refractivity contribution in [1.82, 2.24) is 14.9 Å². The Morgan fingerprint density at radius 3 is 2.83 bits per heavy atom. The first kappa shape index (κ1) is 20.4. The van der Waals surface area contributed by atoms with E-state index < -0.39 is 0 Å². The molecule has 1 fully saturated rings. The molecule has 1 amide bonds. The van der Waals surface area contributed by atoms with Gasteiger partial charge in [-0.1, -0.05) is 18.7 Å². The number of amides is 1. The van der Waals surface area contributed by atoms with Crippen molar-refractivity contribution in [2.45, 2.75) is 25.7 Å². The molecule has 7 heteroatoms. The summed E-state index contributed by atoms with van der Waals surface area (Å²) in [5, 5.41) is 3.00. The Kier molecular flexibility index (Phi) is 6.30. The number of rotatable bonds is 6. The number of aromatic nitrogens is 2. The number of allylic oxidation sites excluding steroid dienone is 2. The fourth-order valence-electron chi connectivity index (χ4n) is 3.97. The monoisotopic (exact) mass is 407 g/mol. The zero-order chi connectivity index (χ0) is 20.9. The van der Waals surface area contributed by atoms with Gasteiger partial charge in [0.05, 0.1) is 19.4 Å². The van der Waals surface area contributed by atoms with Gasteiger partial charge in [-0.05, 0) is 54.5 Å². The highest BCUT2D eigenvalue weighted by Gasteiger charge is 2.18. The van der Waals surface area contributed by atoms with Crippen molar-refractivity contribution in [3.8, 4) is 0 Å². The lowest BCUT2D eigenvalue weighted by Gasteiger charge is -2.27. The maximum atomic E-state index is 12.6. The molecule has 2 aliphatic rings. The van der Waals surface area contributed by atoms with Crippen LogP contribution < -0.4 is 11.1 Å². The van der Waals surface area contributed by atoms with Gasteiger partial charge in [0.2, 0.25) is 0 Å². The number of anilines is 2. The molecule has 158 valence electrons. The van der Waals surface area contributed by atoms with E-state index in [4.69, 9.17) is 10.5 Å². The molecule has 1 aliphatic heterocycles. The molecule has 0 saturated carbocycles. The third-order valence-corrected chi connectivity index (χ3v) is 5.64. The predicted molar refractivity (Wildman–Crippen MR) is 120 cm³/mol. The van der Waals surface area contributed by atoms with E-state index in [1.165, 1.54) is 18.2 Å². The second kappa shape index (κ2) is 9.28. The van der Waals surface area contributed by atoms with Gasteiger partial charge in [0.25, 0.3) is 5.91 Å². The minimum atomic E-state index is -0.302. The zero-order valence-electron chi connectivity index (χ0n) is 17.2. The Hall–Kier alpha value is -2.90. The molecule has 2 aromatic rings. The number of morpholine rings is 1. The van der Waals surface area contributed by atoms with Crippen LogP contribution in [0.25, 0.3) is 11.1 Å². The number of aromatic amines is 1. The number of imidazole rings is 1. The lowest BCUT2D eigenvalue weighted by atomic mass is 9.90.